The highest BCUT2D eigenvalue weighted by molar-refractivity contribution is 5.61. The van der Waals surface area contributed by atoms with E-state index in [4.69, 9.17) is 0 Å². The van der Waals surface area contributed by atoms with Crippen LogP contribution in [0.5, 0.6) is 0 Å². The van der Waals surface area contributed by atoms with Crippen molar-refractivity contribution in [3.8, 4) is 0 Å². The van der Waals surface area contributed by atoms with Crippen molar-refractivity contribution in [2.45, 2.75) is 24.5 Å². The van der Waals surface area contributed by atoms with Gasteiger partial charge in [-0.3, -0.25) is 0 Å². The Morgan fingerprint density at radius 3 is 1.50 bits per heavy atom. The number of nitrogens with zero attached hydrogens (tertiary/aromatic N) is 2. The highest BCUT2D eigenvalue weighted by Crippen LogP contribution is 2.50. The molecule has 22 heavy (non-hydrogen) atoms. The Kier molecular flexibility index (Phi) is 4.24. The van der Waals surface area contributed by atoms with Crippen molar-refractivity contribution in [1.82, 2.24) is 9.55 Å². The second-order valence-electron chi connectivity index (χ2n) is 3.76. The lowest BCUT2D eigenvalue weighted by atomic mass is 10.1. The van der Waals surface area contributed by atoms with Gasteiger partial charge in [0, 0.05) is 12.4 Å². The molecule has 13 heteroatoms. The highest BCUT2D eigenvalue weighted by Gasteiger charge is 2.66. The molecule has 0 aliphatic carbocycles. The van der Waals surface area contributed by atoms with Gasteiger partial charge in [-0.2, -0.15) is 48.3 Å². The molecule has 1 heterocycles. The molecule has 0 N–H and O–H groups in total. The molecule has 0 atom stereocenters. The van der Waals surface area contributed by atoms with E-state index in [1.165, 1.54) is 0 Å². The van der Waals surface area contributed by atoms with Gasteiger partial charge in [0.1, 0.15) is 5.70 Å². The minimum Gasteiger partial charge on any atom is -0.303 e. The number of halogens is 11. The summed E-state index contributed by atoms with van der Waals surface area (Å²) in [6.07, 6.45) is -19.2. The average Bonchev–Trinajstić information content (AvgIpc) is 2.72. The van der Waals surface area contributed by atoms with E-state index < -0.39 is 40.3 Å². The fourth-order valence-corrected chi connectivity index (χ4v) is 1.40. The lowest BCUT2D eigenvalue weighted by Gasteiger charge is -2.27. The Labute approximate surface area is 113 Å². The van der Waals surface area contributed by atoms with Gasteiger partial charge in [-0.1, -0.05) is 0 Å². The maximum absolute atomic E-state index is 13.2. The number of imidazole rings is 1. The largest absolute Gasteiger partial charge is 0.459 e. The SMILES string of the molecule is FC(F)(F)C(=C(n1ccnc1)C(F)(F)C(F)(F)F)C(F)(F)F. The molecule has 1 aromatic heterocycles. The molecule has 0 fully saturated rings. The van der Waals surface area contributed by atoms with Gasteiger partial charge < -0.3 is 4.57 Å². The van der Waals surface area contributed by atoms with Crippen molar-refractivity contribution in [1.29, 1.82) is 0 Å². The quantitative estimate of drug-likeness (QED) is 0.724. The van der Waals surface area contributed by atoms with E-state index >= 15 is 0 Å². The third kappa shape index (κ3) is 3.32. The molecule has 1 rings (SSSR count). The van der Waals surface area contributed by atoms with Crippen LogP contribution in [0.4, 0.5) is 48.3 Å². The molecule has 0 spiro atoms. The molecular formula is C9H3F11N2. The number of hydrogen-bond donors (Lipinski definition) is 0. The Morgan fingerprint density at radius 1 is 0.773 bits per heavy atom. The molecule has 0 aliphatic heterocycles. The second-order valence-corrected chi connectivity index (χ2v) is 3.76. The number of hydrogen-bond acceptors (Lipinski definition) is 1. The van der Waals surface area contributed by atoms with Gasteiger partial charge in [0.05, 0.1) is 6.33 Å². The summed E-state index contributed by atoms with van der Waals surface area (Å²) in [5.41, 5.74) is -7.29. The standard InChI is InChI=1S/C9H3F11N2/c10-6(11,9(18,19)20)5(22-2-1-21-3-22)4(7(12,13)14)8(15,16)17/h1-3H. The van der Waals surface area contributed by atoms with Crippen LogP contribution in [0.1, 0.15) is 0 Å². The van der Waals surface area contributed by atoms with Crippen LogP contribution in [0.25, 0.3) is 5.70 Å². The topological polar surface area (TPSA) is 17.8 Å². The van der Waals surface area contributed by atoms with Crippen LogP contribution in [-0.4, -0.2) is 34.0 Å². The number of allylic oxidation sites excluding steroid dienone is 2. The molecule has 0 radical (unpaired) electrons. The number of rotatable bonds is 2. The van der Waals surface area contributed by atoms with Gasteiger partial charge in [0.25, 0.3) is 0 Å². The van der Waals surface area contributed by atoms with Crippen LogP contribution >= 0.6 is 0 Å². The van der Waals surface area contributed by atoms with E-state index in [1.54, 1.807) is 0 Å². The van der Waals surface area contributed by atoms with Gasteiger partial charge in [0.15, 0.2) is 5.57 Å². The molecule has 2 nitrogen and oxygen atoms in total. The predicted molar refractivity (Wildman–Crippen MR) is 48.6 cm³/mol. The first-order valence-electron chi connectivity index (χ1n) is 4.92. The van der Waals surface area contributed by atoms with Gasteiger partial charge in [-0.25, -0.2) is 4.98 Å². The number of alkyl halides is 11. The molecule has 0 saturated carbocycles. The third-order valence-corrected chi connectivity index (χ3v) is 2.22. The van der Waals surface area contributed by atoms with E-state index in [0.29, 0.717) is 6.20 Å². The number of aromatic nitrogens is 2. The van der Waals surface area contributed by atoms with Crippen molar-refractivity contribution < 1.29 is 48.3 Å². The molecule has 0 unspecified atom stereocenters. The smallest absolute Gasteiger partial charge is 0.303 e. The highest BCUT2D eigenvalue weighted by atomic mass is 19.4. The minimum atomic E-state index is -6.69. The Bertz CT molecular complexity index is 528. The summed E-state index contributed by atoms with van der Waals surface area (Å²) in [6.45, 7) is 0. The predicted octanol–water partition coefficient (Wildman–Crippen LogP) is 4.42. The summed E-state index contributed by atoms with van der Waals surface area (Å²) in [6, 6.07) is 0. The van der Waals surface area contributed by atoms with E-state index in [0.717, 1.165) is 0 Å². The van der Waals surface area contributed by atoms with Crippen molar-refractivity contribution >= 4 is 5.70 Å². The van der Waals surface area contributed by atoms with Gasteiger partial charge in [0.2, 0.25) is 0 Å². The minimum absolute atomic E-state index is 0.0353. The summed E-state index contributed by atoms with van der Waals surface area (Å²) >= 11 is 0. The summed E-state index contributed by atoms with van der Waals surface area (Å²) in [7, 11) is 0. The van der Waals surface area contributed by atoms with Gasteiger partial charge >= 0.3 is 24.5 Å². The van der Waals surface area contributed by atoms with Crippen molar-refractivity contribution in [3.63, 3.8) is 0 Å². The molecule has 126 valence electrons. The molecule has 0 amide bonds. The first kappa shape index (κ1) is 18.2. The summed E-state index contributed by atoms with van der Waals surface area (Å²) in [4.78, 5) is 2.88. The van der Waals surface area contributed by atoms with Crippen molar-refractivity contribution in [2.24, 2.45) is 0 Å². The zero-order valence-corrected chi connectivity index (χ0v) is 9.78. The third-order valence-electron chi connectivity index (χ3n) is 2.22. The van der Waals surface area contributed by atoms with E-state index in [9.17, 15) is 48.3 Å². The first-order valence-corrected chi connectivity index (χ1v) is 4.92. The van der Waals surface area contributed by atoms with Crippen LogP contribution in [0.15, 0.2) is 24.3 Å². The van der Waals surface area contributed by atoms with Crippen LogP contribution in [0.2, 0.25) is 0 Å². The Morgan fingerprint density at radius 2 is 1.23 bits per heavy atom. The maximum Gasteiger partial charge on any atom is 0.459 e. The summed E-state index contributed by atoms with van der Waals surface area (Å²) in [5.74, 6) is -6.42. The molecule has 0 bridgehead atoms. The first-order chi connectivity index (χ1) is 9.60. The molecule has 0 saturated heterocycles. The van der Waals surface area contributed by atoms with Gasteiger partial charge in [-0.05, 0) is 0 Å². The fourth-order valence-electron chi connectivity index (χ4n) is 1.40. The van der Waals surface area contributed by atoms with Crippen LogP contribution in [-0.2, 0) is 0 Å². The van der Waals surface area contributed by atoms with Crippen LogP contribution in [0, 0.1) is 0 Å². The molecule has 0 aliphatic rings. The Hall–Kier alpha value is -1.82. The maximum atomic E-state index is 13.2. The normalized spacial score (nSPS) is 14.1. The van der Waals surface area contributed by atoms with Crippen LogP contribution < -0.4 is 0 Å². The van der Waals surface area contributed by atoms with E-state index in [2.05, 4.69) is 4.98 Å². The van der Waals surface area contributed by atoms with Crippen LogP contribution in [0.3, 0.4) is 0 Å². The molecule has 1 aromatic rings. The lowest BCUT2D eigenvalue weighted by molar-refractivity contribution is -0.258. The van der Waals surface area contributed by atoms with E-state index in [-0.39, 0.29) is 12.5 Å². The lowest BCUT2D eigenvalue weighted by Crippen LogP contribution is -2.43. The zero-order chi connectivity index (χ0) is 17.6. The average molecular weight is 348 g/mol. The monoisotopic (exact) mass is 348 g/mol. The molecule has 0 aromatic carbocycles. The van der Waals surface area contributed by atoms with Crippen molar-refractivity contribution in [3.05, 3.63) is 24.3 Å². The zero-order valence-electron chi connectivity index (χ0n) is 9.78. The second kappa shape index (κ2) is 5.12. The van der Waals surface area contributed by atoms with Crippen molar-refractivity contribution in [2.75, 3.05) is 0 Å². The molecular weight excluding hydrogens is 345 g/mol. The van der Waals surface area contributed by atoms with E-state index in [1.807, 2.05) is 0 Å². The summed E-state index contributed by atoms with van der Waals surface area (Å²) in [5, 5.41) is 0. The fraction of sp³-hybridized carbons (Fsp3) is 0.444. The summed E-state index contributed by atoms with van der Waals surface area (Å²) < 4.78 is 137. The Balaban J connectivity index is 3.89. The van der Waals surface area contributed by atoms with Gasteiger partial charge in [-0.15, -0.1) is 0 Å².